The van der Waals surface area contributed by atoms with E-state index in [1.807, 2.05) is 19.1 Å². The van der Waals surface area contributed by atoms with Crippen LogP contribution in [0.25, 0.3) is 0 Å². The van der Waals surface area contributed by atoms with E-state index in [0.717, 1.165) is 0 Å². The van der Waals surface area contributed by atoms with Crippen molar-refractivity contribution in [3.8, 4) is 5.75 Å². The van der Waals surface area contributed by atoms with Crippen LogP contribution in [0.1, 0.15) is 18.6 Å². The molecule has 0 spiro atoms. The second-order valence-electron chi connectivity index (χ2n) is 5.82. The molecule has 7 heteroatoms. The van der Waals surface area contributed by atoms with Gasteiger partial charge in [0.2, 0.25) is 11.9 Å². The van der Waals surface area contributed by atoms with Crippen molar-refractivity contribution in [2.45, 2.75) is 13.0 Å². The number of rotatable bonds is 7. The molecule has 2 aromatic rings. The highest BCUT2D eigenvalue weighted by molar-refractivity contribution is 5.98. The molecule has 0 radical (unpaired) electrons. The van der Waals surface area contributed by atoms with Gasteiger partial charge in [-0.15, -0.1) is 0 Å². The summed E-state index contributed by atoms with van der Waals surface area (Å²) in [6.45, 7) is 2.90. The highest BCUT2D eigenvalue weighted by Gasteiger charge is 2.28. The Hall–Kier alpha value is -3.48. The molecule has 1 heterocycles. The fourth-order valence-electron chi connectivity index (χ4n) is 2.59. The van der Waals surface area contributed by atoms with E-state index in [-0.39, 0.29) is 12.4 Å². The first kappa shape index (κ1) is 19.3. The second kappa shape index (κ2) is 9.45. The van der Waals surface area contributed by atoms with Crippen molar-refractivity contribution in [2.24, 2.45) is 0 Å². The number of carbonyl (C=O) groups is 2. The highest BCUT2D eigenvalue weighted by Crippen LogP contribution is 2.27. The molecule has 1 amide bonds. The zero-order chi connectivity index (χ0) is 19.8. The van der Waals surface area contributed by atoms with Crippen LogP contribution in [0.2, 0.25) is 0 Å². The predicted molar refractivity (Wildman–Crippen MR) is 102 cm³/mol. The van der Waals surface area contributed by atoms with Crippen molar-refractivity contribution in [1.29, 1.82) is 0 Å². The van der Waals surface area contributed by atoms with Crippen LogP contribution in [0.5, 0.6) is 5.75 Å². The first-order valence-electron chi connectivity index (χ1n) is 8.92. The number of hydrogen-bond acceptors (Lipinski definition) is 6. The van der Waals surface area contributed by atoms with Gasteiger partial charge in [-0.25, -0.2) is 4.79 Å². The maximum Gasteiger partial charge on any atom is 0.378 e. The van der Waals surface area contributed by atoms with Crippen molar-refractivity contribution >= 4 is 17.6 Å². The van der Waals surface area contributed by atoms with Gasteiger partial charge in [0.1, 0.15) is 25.2 Å². The number of ether oxygens (including phenoxy) is 4. The number of carbonyl (C=O) groups excluding carboxylic acids is 2. The second-order valence-corrected chi connectivity index (χ2v) is 5.82. The van der Waals surface area contributed by atoms with Crippen LogP contribution in [-0.2, 0) is 23.8 Å². The monoisotopic (exact) mass is 383 g/mol. The van der Waals surface area contributed by atoms with Gasteiger partial charge < -0.3 is 24.3 Å². The van der Waals surface area contributed by atoms with Gasteiger partial charge in [0.25, 0.3) is 5.91 Å². The molecule has 146 valence electrons. The van der Waals surface area contributed by atoms with E-state index in [1.165, 1.54) is 6.26 Å². The van der Waals surface area contributed by atoms with Gasteiger partial charge in [-0.05, 0) is 19.1 Å². The van der Waals surface area contributed by atoms with E-state index in [9.17, 15) is 9.59 Å². The van der Waals surface area contributed by atoms with Crippen molar-refractivity contribution < 1.29 is 28.5 Å². The van der Waals surface area contributed by atoms with E-state index in [2.05, 4.69) is 5.32 Å². The molecule has 2 aromatic carbocycles. The average Bonchev–Trinajstić information content (AvgIpc) is 2.74. The first-order valence-corrected chi connectivity index (χ1v) is 8.92. The third-order valence-corrected chi connectivity index (χ3v) is 3.86. The van der Waals surface area contributed by atoms with E-state index < -0.39 is 18.0 Å². The zero-order valence-electron chi connectivity index (χ0n) is 15.4. The molecule has 0 aliphatic carbocycles. The molecule has 0 bridgehead atoms. The summed E-state index contributed by atoms with van der Waals surface area (Å²) < 4.78 is 21.3. The fraction of sp³-hybridized carbons (Fsp3) is 0.238. The summed E-state index contributed by atoms with van der Waals surface area (Å²) in [5, 5.41) is 2.77. The average molecular weight is 383 g/mol. The Balaban J connectivity index is 1.82. The first-order chi connectivity index (χ1) is 13.7. The van der Waals surface area contributed by atoms with Gasteiger partial charge >= 0.3 is 5.97 Å². The summed E-state index contributed by atoms with van der Waals surface area (Å²) in [4.78, 5) is 25.4. The van der Waals surface area contributed by atoms with Crippen LogP contribution in [-0.4, -0.2) is 31.7 Å². The zero-order valence-corrected chi connectivity index (χ0v) is 15.4. The third-order valence-electron chi connectivity index (χ3n) is 3.86. The fourth-order valence-corrected chi connectivity index (χ4v) is 2.59. The molecule has 0 fully saturated rings. The Kier molecular flexibility index (Phi) is 6.51. The summed E-state index contributed by atoms with van der Waals surface area (Å²) in [6.07, 6.45) is 0.0192. The smallest absolute Gasteiger partial charge is 0.378 e. The minimum atomic E-state index is -1.17. The van der Waals surface area contributed by atoms with Crippen molar-refractivity contribution in [1.82, 2.24) is 0 Å². The van der Waals surface area contributed by atoms with E-state index in [1.54, 1.807) is 42.5 Å². The number of nitrogens with one attached hydrogen (secondary N) is 1. The number of hydrogen-bond donors (Lipinski definition) is 1. The Morgan fingerprint density at radius 3 is 2.54 bits per heavy atom. The highest BCUT2D eigenvalue weighted by atomic mass is 16.6. The maximum absolute atomic E-state index is 13.0. The number of para-hydroxylation sites is 2. The summed E-state index contributed by atoms with van der Waals surface area (Å²) >= 11 is 0. The molecule has 0 aromatic heterocycles. The molecule has 0 saturated carbocycles. The van der Waals surface area contributed by atoms with E-state index in [0.29, 0.717) is 30.2 Å². The van der Waals surface area contributed by atoms with Crippen molar-refractivity contribution in [2.75, 3.05) is 25.1 Å². The molecule has 1 atom stereocenters. The Bertz CT molecular complexity index is 849. The van der Waals surface area contributed by atoms with Crippen molar-refractivity contribution in [3.63, 3.8) is 0 Å². The molecule has 0 unspecified atom stereocenters. The normalized spacial score (nSPS) is 14.0. The summed E-state index contributed by atoms with van der Waals surface area (Å²) in [5.41, 5.74) is 1.02. The van der Waals surface area contributed by atoms with Gasteiger partial charge in [0.15, 0.2) is 0 Å². The predicted octanol–water partition coefficient (Wildman–Crippen LogP) is 3.20. The van der Waals surface area contributed by atoms with Crippen LogP contribution < -0.4 is 10.1 Å². The third kappa shape index (κ3) is 4.82. The van der Waals surface area contributed by atoms with Gasteiger partial charge in [0, 0.05) is 5.56 Å². The summed E-state index contributed by atoms with van der Waals surface area (Å²) in [6, 6.07) is 15.8. The molecule has 3 rings (SSSR count). The molecule has 1 N–H and O–H groups in total. The lowest BCUT2D eigenvalue weighted by molar-refractivity contribution is -0.155. The number of esters is 1. The van der Waals surface area contributed by atoms with Crippen LogP contribution in [0.3, 0.4) is 0 Å². The quantitative estimate of drug-likeness (QED) is 0.740. The lowest BCUT2D eigenvalue weighted by Gasteiger charge is -2.21. The summed E-state index contributed by atoms with van der Waals surface area (Å²) in [5.74, 6) is -0.830. The van der Waals surface area contributed by atoms with Crippen LogP contribution in [0.4, 0.5) is 5.69 Å². The Labute approximate surface area is 162 Å². The van der Waals surface area contributed by atoms with Crippen LogP contribution in [0, 0.1) is 0 Å². The van der Waals surface area contributed by atoms with Gasteiger partial charge in [-0.3, -0.25) is 4.79 Å². The molecule has 0 saturated heterocycles. The molecular weight excluding hydrogens is 362 g/mol. The van der Waals surface area contributed by atoms with Crippen LogP contribution >= 0.6 is 0 Å². The largest absolute Gasteiger partial charge is 0.493 e. The summed E-state index contributed by atoms with van der Waals surface area (Å²) in [7, 11) is 0. The van der Waals surface area contributed by atoms with E-state index in [4.69, 9.17) is 18.9 Å². The van der Waals surface area contributed by atoms with Crippen LogP contribution in [0.15, 0.2) is 66.6 Å². The van der Waals surface area contributed by atoms with Gasteiger partial charge in [-0.1, -0.05) is 42.5 Å². The maximum atomic E-state index is 13.0. The lowest BCUT2D eigenvalue weighted by Crippen LogP contribution is -2.28. The molecule has 1 aliphatic rings. The topological polar surface area (TPSA) is 83.1 Å². The number of amides is 1. The molecular formula is C21H21NO6. The van der Waals surface area contributed by atoms with Crippen molar-refractivity contribution in [3.05, 3.63) is 72.2 Å². The van der Waals surface area contributed by atoms with Gasteiger partial charge in [-0.2, -0.15) is 0 Å². The number of anilines is 1. The molecule has 7 nitrogen and oxygen atoms in total. The SMILES string of the molecule is CCOc1ccccc1NC(=O)[C@@H](OC(=O)C1=COCCO1)c1ccccc1. The van der Waals surface area contributed by atoms with Gasteiger partial charge in [0.05, 0.1) is 12.3 Å². The Morgan fingerprint density at radius 2 is 1.82 bits per heavy atom. The number of benzene rings is 2. The minimum Gasteiger partial charge on any atom is -0.493 e. The lowest BCUT2D eigenvalue weighted by atomic mass is 10.1. The molecule has 1 aliphatic heterocycles. The molecule has 28 heavy (non-hydrogen) atoms. The standard InChI is InChI=1S/C21H21NO6/c1-2-26-17-11-7-6-10-16(17)22-20(23)19(15-8-4-3-5-9-15)28-21(24)18-14-25-12-13-27-18/h3-11,14,19H,2,12-13H2,1H3,(H,22,23)/t19-/m0/s1. The van der Waals surface area contributed by atoms with E-state index >= 15 is 0 Å². The minimum absolute atomic E-state index is 0.0744. The Morgan fingerprint density at radius 1 is 1.07 bits per heavy atom.